The molecule has 0 atom stereocenters. The van der Waals surface area contributed by atoms with Gasteiger partial charge in [-0.1, -0.05) is 6.08 Å². The van der Waals surface area contributed by atoms with E-state index in [0.29, 0.717) is 12.4 Å². The van der Waals surface area contributed by atoms with E-state index in [4.69, 9.17) is 11.6 Å². The van der Waals surface area contributed by atoms with Crippen molar-refractivity contribution in [2.24, 2.45) is 0 Å². The van der Waals surface area contributed by atoms with Crippen LogP contribution in [0.25, 0.3) is 11.0 Å². The Morgan fingerprint density at radius 3 is 2.78 bits per heavy atom. The number of nitrogens with zero attached hydrogens (tertiary/aromatic N) is 4. The molecule has 0 amide bonds. The molecule has 0 spiro atoms. The molecule has 0 aliphatic heterocycles. The van der Waals surface area contributed by atoms with Gasteiger partial charge in [0.05, 0.1) is 17.1 Å². The zero-order chi connectivity index (χ0) is 13.3. The van der Waals surface area contributed by atoms with Crippen molar-refractivity contribution in [3.05, 3.63) is 24.1 Å². The Hall–Kier alpha value is -1.62. The van der Waals surface area contributed by atoms with Crippen LogP contribution in [0.1, 0.15) is 20.8 Å². The molecule has 2 aromatic heterocycles. The van der Waals surface area contributed by atoms with Crippen LogP contribution in [-0.4, -0.2) is 26.3 Å². The van der Waals surface area contributed by atoms with Crippen molar-refractivity contribution in [3.63, 3.8) is 0 Å². The molecule has 0 bridgehead atoms. The number of halogens is 1. The Morgan fingerprint density at radius 2 is 2.17 bits per heavy atom. The monoisotopic (exact) mass is 265 g/mol. The molecule has 0 saturated carbocycles. The minimum absolute atomic E-state index is 0.158. The summed E-state index contributed by atoms with van der Waals surface area (Å²) in [7, 11) is 0. The number of rotatable bonds is 3. The number of nitrogens with one attached hydrogen (secondary N) is 1. The predicted octanol–water partition coefficient (Wildman–Crippen LogP) is 2.83. The standard InChI is InChI=1S/C12H16ClN5/c1-5-6-14-9-8-7-15-18(12(2,3)4)10(8)17-11(13)16-9/h5,7H,1,6H2,2-4H3,(H,14,16,17). The molecular formula is C12H16ClN5. The highest BCUT2D eigenvalue weighted by molar-refractivity contribution is 6.28. The second kappa shape index (κ2) is 4.57. The van der Waals surface area contributed by atoms with Crippen LogP contribution in [-0.2, 0) is 5.54 Å². The predicted molar refractivity (Wildman–Crippen MR) is 74.0 cm³/mol. The first kappa shape index (κ1) is 12.8. The van der Waals surface area contributed by atoms with Crippen molar-refractivity contribution in [1.29, 1.82) is 0 Å². The van der Waals surface area contributed by atoms with Crippen molar-refractivity contribution >= 4 is 28.5 Å². The molecule has 2 rings (SSSR count). The quantitative estimate of drug-likeness (QED) is 0.685. The molecule has 1 N–H and O–H groups in total. The second-order valence-electron chi connectivity index (χ2n) is 4.98. The van der Waals surface area contributed by atoms with Gasteiger partial charge in [-0.05, 0) is 32.4 Å². The normalized spacial score (nSPS) is 11.8. The summed E-state index contributed by atoms with van der Waals surface area (Å²) in [5.41, 5.74) is 0.573. The second-order valence-corrected chi connectivity index (χ2v) is 5.31. The van der Waals surface area contributed by atoms with Crippen LogP contribution in [0.4, 0.5) is 5.82 Å². The first-order valence-corrected chi connectivity index (χ1v) is 6.08. The average Bonchev–Trinajstić information content (AvgIpc) is 2.68. The van der Waals surface area contributed by atoms with Gasteiger partial charge in [0.2, 0.25) is 5.28 Å². The van der Waals surface area contributed by atoms with Crippen LogP contribution in [0, 0.1) is 0 Å². The third-order valence-electron chi connectivity index (χ3n) is 2.45. The zero-order valence-corrected chi connectivity index (χ0v) is 11.5. The molecule has 96 valence electrons. The lowest BCUT2D eigenvalue weighted by atomic mass is 10.1. The fraction of sp³-hybridized carbons (Fsp3) is 0.417. The van der Waals surface area contributed by atoms with E-state index in [1.54, 1.807) is 12.3 Å². The van der Waals surface area contributed by atoms with Crippen molar-refractivity contribution in [1.82, 2.24) is 19.7 Å². The lowest BCUT2D eigenvalue weighted by molar-refractivity contribution is 0.366. The number of anilines is 1. The molecule has 0 unspecified atom stereocenters. The lowest BCUT2D eigenvalue weighted by Gasteiger charge is -2.19. The highest BCUT2D eigenvalue weighted by Crippen LogP contribution is 2.25. The topological polar surface area (TPSA) is 55.6 Å². The van der Waals surface area contributed by atoms with E-state index in [-0.39, 0.29) is 10.8 Å². The maximum Gasteiger partial charge on any atom is 0.226 e. The maximum atomic E-state index is 5.95. The number of fused-ring (bicyclic) bond motifs is 1. The fourth-order valence-corrected chi connectivity index (χ4v) is 1.84. The molecule has 0 fully saturated rings. The Morgan fingerprint density at radius 1 is 1.44 bits per heavy atom. The minimum atomic E-state index is -0.158. The summed E-state index contributed by atoms with van der Waals surface area (Å²) >= 11 is 5.95. The van der Waals surface area contributed by atoms with Gasteiger partial charge in [0.25, 0.3) is 0 Å². The van der Waals surface area contributed by atoms with E-state index >= 15 is 0 Å². The zero-order valence-electron chi connectivity index (χ0n) is 10.7. The van der Waals surface area contributed by atoms with Gasteiger partial charge in [-0.15, -0.1) is 6.58 Å². The van der Waals surface area contributed by atoms with Crippen molar-refractivity contribution in [2.75, 3.05) is 11.9 Å². The highest BCUT2D eigenvalue weighted by atomic mass is 35.5. The highest BCUT2D eigenvalue weighted by Gasteiger charge is 2.20. The minimum Gasteiger partial charge on any atom is -0.366 e. The molecule has 18 heavy (non-hydrogen) atoms. The Bertz CT molecular complexity index is 582. The van der Waals surface area contributed by atoms with Crippen molar-refractivity contribution < 1.29 is 0 Å². The Kier molecular flexibility index (Phi) is 3.26. The van der Waals surface area contributed by atoms with Gasteiger partial charge in [0.1, 0.15) is 5.82 Å². The van der Waals surface area contributed by atoms with E-state index < -0.39 is 0 Å². The van der Waals surface area contributed by atoms with E-state index in [9.17, 15) is 0 Å². The first-order chi connectivity index (χ1) is 8.43. The average molecular weight is 266 g/mol. The molecule has 2 heterocycles. The van der Waals surface area contributed by atoms with Crippen LogP contribution in [0.2, 0.25) is 5.28 Å². The molecule has 5 nitrogen and oxygen atoms in total. The number of aromatic nitrogens is 4. The van der Waals surface area contributed by atoms with Crippen LogP contribution in [0.5, 0.6) is 0 Å². The summed E-state index contributed by atoms with van der Waals surface area (Å²) in [5, 5.41) is 8.57. The molecule has 0 radical (unpaired) electrons. The lowest BCUT2D eigenvalue weighted by Crippen LogP contribution is -2.23. The molecule has 0 aromatic carbocycles. The smallest absolute Gasteiger partial charge is 0.226 e. The van der Waals surface area contributed by atoms with Crippen molar-refractivity contribution in [3.8, 4) is 0 Å². The van der Waals surface area contributed by atoms with E-state index in [1.165, 1.54) is 0 Å². The summed E-state index contributed by atoms with van der Waals surface area (Å²) < 4.78 is 1.84. The summed E-state index contributed by atoms with van der Waals surface area (Å²) in [6, 6.07) is 0. The fourth-order valence-electron chi connectivity index (χ4n) is 1.68. The van der Waals surface area contributed by atoms with Crippen LogP contribution in [0.15, 0.2) is 18.9 Å². The van der Waals surface area contributed by atoms with E-state index in [2.05, 4.69) is 47.7 Å². The van der Waals surface area contributed by atoms with Gasteiger partial charge in [-0.3, -0.25) is 0 Å². The Labute approximate surface area is 111 Å². The first-order valence-electron chi connectivity index (χ1n) is 5.70. The van der Waals surface area contributed by atoms with Gasteiger partial charge in [0.15, 0.2) is 5.65 Å². The number of hydrogen-bond donors (Lipinski definition) is 1. The maximum absolute atomic E-state index is 5.95. The van der Waals surface area contributed by atoms with E-state index in [1.807, 2.05) is 4.68 Å². The summed E-state index contributed by atoms with van der Waals surface area (Å²) in [5.74, 6) is 0.681. The van der Waals surface area contributed by atoms with Gasteiger partial charge >= 0.3 is 0 Å². The van der Waals surface area contributed by atoms with Crippen LogP contribution >= 0.6 is 11.6 Å². The van der Waals surface area contributed by atoms with Crippen LogP contribution < -0.4 is 5.32 Å². The third-order valence-corrected chi connectivity index (χ3v) is 2.62. The van der Waals surface area contributed by atoms with Gasteiger partial charge in [-0.25, -0.2) is 4.68 Å². The molecule has 0 aliphatic rings. The number of hydrogen-bond acceptors (Lipinski definition) is 4. The summed E-state index contributed by atoms with van der Waals surface area (Å²) in [4.78, 5) is 8.44. The van der Waals surface area contributed by atoms with Gasteiger partial charge in [-0.2, -0.15) is 15.1 Å². The molecule has 6 heteroatoms. The SMILES string of the molecule is C=CCNc1nc(Cl)nc2c1cnn2C(C)(C)C. The molecular weight excluding hydrogens is 250 g/mol. The Balaban J connectivity index is 2.61. The van der Waals surface area contributed by atoms with Crippen molar-refractivity contribution in [2.45, 2.75) is 26.3 Å². The van der Waals surface area contributed by atoms with Gasteiger partial charge < -0.3 is 5.32 Å². The molecule has 0 aliphatic carbocycles. The van der Waals surface area contributed by atoms with E-state index in [0.717, 1.165) is 11.0 Å². The third kappa shape index (κ3) is 2.31. The van der Waals surface area contributed by atoms with Gasteiger partial charge in [0, 0.05) is 6.54 Å². The summed E-state index contributed by atoms with van der Waals surface area (Å²) in [6.45, 7) is 10.5. The molecule has 2 aromatic rings. The summed E-state index contributed by atoms with van der Waals surface area (Å²) in [6.07, 6.45) is 3.51. The largest absolute Gasteiger partial charge is 0.366 e. The van der Waals surface area contributed by atoms with Crippen LogP contribution in [0.3, 0.4) is 0 Å². The molecule has 0 saturated heterocycles.